The van der Waals surface area contributed by atoms with Crippen LogP contribution in [0.1, 0.15) is 46.0 Å². The molecule has 3 unspecified atom stereocenters. The van der Waals surface area contributed by atoms with Crippen molar-refractivity contribution in [2.24, 2.45) is 29.4 Å². The molecule has 17 heavy (non-hydrogen) atoms. The summed E-state index contributed by atoms with van der Waals surface area (Å²) in [6.07, 6.45) is 6.30. The molecule has 0 saturated heterocycles. The summed E-state index contributed by atoms with van der Waals surface area (Å²) in [5.74, 6) is 3.08. The van der Waals surface area contributed by atoms with Crippen LogP contribution in [-0.4, -0.2) is 18.5 Å². The molecule has 2 saturated carbocycles. The van der Waals surface area contributed by atoms with Gasteiger partial charge < -0.3 is 11.1 Å². The Kier molecular flexibility index (Phi) is 4.08. The SMILES string of the molecule is CC(C)C[C@@H](N)C(=O)NCC1CC2CCC1C2. The van der Waals surface area contributed by atoms with E-state index in [9.17, 15) is 4.79 Å². The summed E-state index contributed by atoms with van der Waals surface area (Å²) < 4.78 is 0. The van der Waals surface area contributed by atoms with Crippen molar-refractivity contribution in [3.05, 3.63) is 0 Å². The van der Waals surface area contributed by atoms with Crippen molar-refractivity contribution in [2.45, 2.75) is 52.0 Å². The van der Waals surface area contributed by atoms with Gasteiger partial charge in [0.2, 0.25) is 5.91 Å². The van der Waals surface area contributed by atoms with E-state index in [1.807, 2.05) is 0 Å². The average molecular weight is 238 g/mol. The van der Waals surface area contributed by atoms with Gasteiger partial charge in [-0.25, -0.2) is 0 Å². The van der Waals surface area contributed by atoms with Crippen LogP contribution in [0.2, 0.25) is 0 Å². The Labute approximate surface area is 105 Å². The van der Waals surface area contributed by atoms with E-state index in [0.29, 0.717) is 5.92 Å². The highest BCUT2D eigenvalue weighted by Crippen LogP contribution is 2.47. The van der Waals surface area contributed by atoms with Gasteiger partial charge in [-0.15, -0.1) is 0 Å². The summed E-state index contributed by atoms with van der Waals surface area (Å²) in [5.41, 5.74) is 5.87. The first-order valence-corrected chi connectivity index (χ1v) is 7.09. The highest BCUT2D eigenvalue weighted by Gasteiger charge is 2.39. The van der Waals surface area contributed by atoms with E-state index in [1.54, 1.807) is 0 Å². The van der Waals surface area contributed by atoms with Gasteiger partial charge in [-0.1, -0.05) is 20.3 Å². The van der Waals surface area contributed by atoms with Crippen LogP contribution in [0.15, 0.2) is 0 Å². The van der Waals surface area contributed by atoms with Crippen LogP contribution in [0, 0.1) is 23.7 Å². The maximum absolute atomic E-state index is 11.8. The van der Waals surface area contributed by atoms with Gasteiger partial charge in [0.25, 0.3) is 0 Å². The predicted molar refractivity (Wildman–Crippen MR) is 69.4 cm³/mol. The third kappa shape index (κ3) is 3.21. The van der Waals surface area contributed by atoms with Crippen molar-refractivity contribution in [2.75, 3.05) is 6.54 Å². The molecule has 2 rings (SSSR count). The average Bonchev–Trinajstić information content (AvgIpc) is 2.86. The van der Waals surface area contributed by atoms with Gasteiger partial charge in [0.05, 0.1) is 6.04 Å². The first-order chi connectivity index (χ1) is 8.06. The second-order valence-corrected chi connectivity index (χ2v) is 6.42. The second-order valence-electron chi connectivity index (χ2n) is 6.42. The molecule has 98 valence electrons. The largest absolute Gasteiger partial charge is 0.354 e. The van der Waals surface area contributed by atoms with Gasteiger partial charge in [-0.2, -0.15) is 0 Å². The summed E-state index contributed by atoms with van der Waals surface area (Å²) in [4.78, 5) is 11.8. The Hall–Kier alpha value is -0.570. The van der Waals surface area contributed by atoms with Gasteiger partial charge in [-0.05, 0) is 49.4 Å². The molecule has 0 radical (unpaired) electrons. The third-order valence-corrected chi connectivity index (χ3v) is 4.49. The molecule has 0 spiro atoms. The Morgan fingerprint density at radius 1 is 1.35 bits per heavy atom. The highest BCUT2D eigenvalue weighted by molar-refractivity contribution is 5.81. The topological polar surface area (TPSA) is 55.1 Å². The third-order valence-electron chi connectivity index (χ3n) is 4.49. The Morgan fingerprint density at radius 2 is 2.12 bits per heavy atom. The summed E-state index contributed by atoms with van der Waals surface area (Å²) in [7, 11) is 0. The van der Waals surface area contributed by atoms with Gasteiger partial charge in [0.1, 0.15) is 0 Å². The van der Waals surface area contributed by atoms with Crippen molar-refractivity contribution >= 4 is 5.91 Å². The van der Waals surface area contributed by atoms with Crippen molar-refractivity contribution in [3.63, 3.8) is 0 Å². The lowest BCUT2D eigenvalue weighted by Gasteiger charge is -2.23. The number of hydrogen-bond donors (Lipinski definition) is 2. The quantitative estimate of drug-likeness (QED) is 0.768. The number of hydrogen-bond acceptors (Lipinski definition) is 2. The molecule has 0 aromatic heterocycles. The van der Waals surface area contributed by atoms with Gasteiger partial charge >= 0.3 is 0 Å². The van der Waals surface area contributed by atoms with Crippen molar-refractivity contribution in [1.29, 1.82) is 0 Å². The molecule has 2 aliphatic carbocycles. The fourth-order valence-electron chi connectivity index (χ4n) is 3.60. The number of nitrogens with one attached hydrogen (secondary N) is 1. The second kappa shape index (κ2) is 5.38. The summed E-state index contributed by atoms with van der Waals surface area (Å²) in [6.45, 7) is 5.05. The summed E-state index contributed by atoms with van der Waals surface area (Å²) in [5, 5.41) is 3.05. The number of carbonyl (C=O) groups excluding carboxylic acids is 1. The van der Waals surface area contributed by atoms with E-state index in [0.717, 1.165) is 30.7 Å². The Morgan fingerprint density at radius 3 is 2.65 bits per heavy atom. The predicted octanol–water partition coefficient (Wildman–Crippen LogP) is 1.91. The zero-order valence-electron chi connectivity index (χ0n) is 11.1. The lowest BCUT2D eigenvalue weighted by Crippen LogP contribution is -2.43. The van der Waals surface area contributed by atoms with Crippen molar-refractivity contribution in [3.8, 4) is 0 Å². The number of nitrogens with two attached hydrogens (primary N) is 1. The van der Waals surface area contributed by atoms with Crippen LogP contribution in [0.5, 0.6) is 0 Å². The van der Waals surface area contributed by atoms with Crippen molar-refractivity contribution in [1.82, 2.24) is 5.32 Å². The summed E-state index contributed by atoms with van der Waals surface area (Å²) in [6, 6.07) is -0.325. The van der Waals surface area contributed by atoms with Crippen LogP contribution in [0.3, 0.4) is 0 Å². The first kappa shape index (κ1) is 12.9. The van der Waals surface area contributed by atoms with Crippen LogP contribution in [0.4, 0.5) is 0 Å². The van der Waals surface area contributed by atoms with Crippen LogP contribution >= 0.6 is 0 Å². The van der Waals surface area contributed by atoms with Gasteiger partial charge in [0, 0.05) is 6.54 Å². The molecule has 0 aromatic carbocycles. The normalized spacial score (nSPS) is 33.1. The van der Waals surface area contributed by atoms with E-state index in [1.165, 1.54) is 25.7 Å². The molecule has 1 amide bonds. The number of fused-ring (bicyclic) bond motifs is 2. The molecule has 0 aromatic rings. The van der Waals surface area contributed by atoms with E-state index in [2.05, 4.69) is 19.2 Å². The maximum Gasteiger partial charge on any atom is 0.236 e. The number of rotatable bonds is 5. The molecule has 4 atom stereocenters. The van der Waals surface area contributed by atoms with E-state index in [4.69, 9.17) is 5.73 Å². The molecule has 0 heterocycles. The van der Waals surface area contributed by atoms with E-state index < -0.39 is 0 Å². The minimum atomic E-state index is -0.325. The zero-order chi connectivity index (χ0) is 12.4. The van der Waals surface area contributed by atoms with Crippen molar-refractivity contribution < 1.29 is 4.79 Å². The zero-order valence-corrected chi connectivity index (χ0v) is 11.1. The minimum absolute atomic E-state index is 0.0430. The monoisotopic (exact) mass is 238 g/mol. The molecule has 3 heteroatoms. The Bertz CT molecular complexity index is 277. The molecule has 3 N–H and O–H groups in total. The fraction of sp³-hybridized carbons (Fsp3) is 0.929. The van der Waals surface area contributed by atoms with Crippen LogP contribution < -0.4 is 11.1 Å². The lowest BCUT2D eigenvalue weighted by molar-refractivity contribution is -0.122. The molecule has 2 bridgehead atoms. The Balaban J connectivity index is 1.69. The molecular formula is C14H26N2O. The smallest absolute Gasteiger partial charge is 0.236 e. The van der Waals surface area contributed by atoms with Crippen LogP contribution in [0.25, 0.3) is 0 Å². The highest BCUT2D eigenvalue weighted by atomic mass is 16.2. The first-order valence-electron chi connectivity index (χ1n) is 7.09. The molecule has 2 aliphatic rings. The minimum Gasteiger partial charge on any atom is -0.354 e. The maximum atomic E-state index is 11.8. The van der Waals surface area contributed by atoms with E-state index in [-0.39, 0.29) is 11.9 Å². The summed E-state index contributed by atoms with van der Waals surface area (Å²) >= 11 is 0. The standard InChI is InChI=1S/C14H26N2O/c1-9(2)5-13(15)14(17)16-8-12-7-10-3-4-11(12)6-10/h9-13H,3-8,15H2,1-2H3,(H,16,17)/t10?,11?,12?,13-/m1/s1. The number of amides is 1. The van der Waals surface area contributed by atoms with Gasteiger partial charge in [0.15, 0.2) is 0 Å². The fourth-order valence-corrected chi connectivity index (χ4v) is 3.60. The number of carbonyl (C=O) groups is 1. The molecular weight excluding hydrogens is 212 g/mol. The van der Waals surface area contributed by atoms with Gasteiger partial charge in [-0.3, -0.25) is 4.79 Å². The van der Waals surface area contributed by atoms with E-state index >= 15 is 0 Å². The molecule has 0 aliphatic heterocycles. The molecule has 3 nitrogen and oxygen atoms in total. The van der Waals surface area contributed by atoms with Crippen LogP contribution in [-0.2, 0) is 4.79 Å². The lowest BCUT2D eigenvalue weighted by atomic mass is 9.89. The molecule has 2 fully saturated rings.